The van der Waals surface area contributed by atoms with E-state index < -0.39 is 0 Å². The average molecular weight is 328 g/mol. The zero-order valence-corrected chi connectivity index (χ0v) is 13.5. The van der Waals surface area contributed by atoms with E-state index >= 15 is 0 Å². The van der Waals surface area contributed by atoms with Gasteiger partial charge >= 0.3 is 0 Å². The number of hydrogen-bond acceptors (Lipinski definition) is 2. The number of nitrogens with one attached hydrogen (secondary N) is 1. The summed E-state index contributed by atoms with van der Waals surface area (Å²) in [5.41, 5.74) is 1.18. The summed E-state index contributed by atoms with van der Waals surface area (Å²) in [6, 6.07) is 3.41. The molecule has 0 aliphatic heterocycles. The first-order valence-corrected chi connectivity index (χ1v) is 8.79. The smallest absolute Gasteiger partial charge is 0.0762 e. The van der Waals surface area contributed by atoms with E-state index in [9.17, 15) is 0 Å². The van der Waals surface area contributed by atoms with Crippen molar-refractivity contribution in [2.24, 2.45) is 0 Å². The van der Waals surface area contributed by atoms with E-state index in [4.69, 9.17) is 5.10 Å². The van der Waals surface area contributed by atoms with E-state index in [1.807, 2.05) is 0 Å². The summed E-state index contributed by atoms with van der Waals surface area (Å²) >= 11 is 3.51. The van der Waals surface area contributed by atoms with Crippen LogP contribution in [-0.4, -0.2) is 21.2 Å². The van der Waals surface area contributed by atoms with Crippen molar-refractivity contribution >= 4 is 15.9 Å². The lowest BCUT2D eigenvalue weighted by atomic mass is 9.96. The van der Waals surface area contributed by atoms with Gasteiger partial charge in [-0.3, -0.25) is 4.68 Å². The van der Waals surface area contributed by atoms with E-state index in [0.717, 1.165) is 11.9 Å². The minimum Gasteiger partial charge on any atom is -0.308 e. The summed E-state index contributed by atoms with van der Waals surface area (Å²) in [5.74, 6) is 0. The molecule has 1 heterocycles. The predicted molar refractivity (Wildman–Crippen MR) is 83.7 cm³/mol. The molecule has 1 N–H and O–H groups in total. The second-order valence-electron chi connectivity index (χ2n) is 5.54. The fourth-order valence-corrected chi connectivity index (χ4v) is 3.40. The van der Waals surface area contributed by atoms with Crippen LogP contribution in [0.25, 0.3) is 0 Å². The minimum atomic E-state index is 0.596. The first-order valence-electron chi connectivity index (χ1n) is 7.67. The van der Waals surface area contributed by atoms with Crippen LogP contribution in [0.1, 0.15) is 63.6 Å². The summed E-state index contributed by atoms with van der Waals surface area (Å²) in [7, 11) is 0. The van der Waals surface area contributed by atoms with Crippen molar-refractivity contribution in [2.75, 3.05) is 5.33 Å². The number of hydrogen-bond donors (Lipinski definition) is 1. The zero-order chi connectivity index (χ0) is 13.5. The van der Waals surface area contributed by atoms with Gasteiger partial charge in [-0.15, -0.1) is 0 Å². The lowest BCUT2D eigenvalue weighted by Crippen LogP contribution is -2.28. The van der Waals surface area contributed by atoms with Crippen LogP contribution in [0.4, 0.5) is 0 Å². The Hall–Kier alpha value is -0.350. The molecule has 1 atom stereocenters. The molecule has 0 aromatic carbocycles. The zero-order valence-electron chi connectivity index (χ0n) is 11.9. The standard InChI is InChI=1S/C15H26BrN3/c1-2-13(8-10-16)17-12-14-9-11-19(18-14)15-6-4-3-5-7-15/h9,11,13,15,17H,2-8,10,12H2,1H3. The molecule has 19 heavy (non-hydrogen) atoms. The Kier molecular flexibility index (Phi) is 6.38. The van der Waals surface area contributed by atoms with Gasteiger partial charge in [0, 0.05) is 24.1 Å². The summed E-state index contributed by atoms with van der Waals surface area (Å²) < 4.78 is 2.20. The van der Waals surface area contributed by atoms with Crippen LogP contribution in [0.5, 0.6) is 0 Å². The Labute approximate surface area is 125 Å². The molecule has 108 valence electrons. The fourth-order valence-electron chi connectivity index (χ4n) is 2.85. The maximum absolute atomic E-state index is 4.74. The number of alkyl halides is 1. The molecule has 0 saturated heterocycles. The van der Waals surface area contributed by atoms with Crippen molar-refractivity contribution in [3.05, 3.63) is 18.0 Å². The molecule has 1 aliphatic carbocycles. The predicted octanol–water partition coefficient (Wildman–Crippen LogP) is 4.04. The van der Waals surface area contributed by atoms with Gasteiger partial charge in [0.05, 0.1) is 11.7 Å². The molecule has 3 nitrogen and oxygen atoms in total. The van der Waals surface area contributed by atoms with Crippen LogP contribution in [-0.2, 0) is 6.54 Å². The molecule has 4 heteroatoms. The van der Waals surface area contributed by atoms with E-state index in [2.05, 4.69) is 45.1 Å². The Morgan fingerprint density at radius 3 is 2.89 bits per heavy atom. The van der Waals surface area contributed by atoms with Gasteiger partial charge in [-0.2, -0.15) is 5.10 Å². The summed E-state index contributed by atoms with van der Waals surface area (Å²) in [5, 5.41) is 9.40. The second-order valence-corrected chi connectivity index (χ2v) is 6.34. The largest absolute Gasteiger partial charge is 0.308 e. The molecule has 1 aromatic rings. The van der Waals surface area contributed by atoms with Crippen molar-refractivity contribution in [1.82, 2.24) is 15.1 Å². The van der Waals surface area contributed by atoms with Crippen molar-refractivity contribution in [2.45, 2.75) is 70.5 Å². The Morgan fingerprint density at radius 1 is 1.42 bits per heavy atom. The van der Waals surface area contributed by atoms with Crippen molar-refractivity contribution in [1.29, 1.82) is 0 Å². The van der Waals surface area contributed by atoms with Crippen LogP contribution < -0.4 is 5.32 Å². The highest BCUT2D eigenvalue weighted by atomic mass is 79.9. The topological polar surface area (TPSA) is 29.9 Å². The molecular formula is C15H26BrN3. The number of nitrogens with zero attached hydrogens (tertiary/aromatic N) is 2. The molecular weight excluding hydrogens is 302 g/mol. The van der Waals surface area contributed by atoms with Crippen molar-refractivity contribution < 1.29 is 0 Å². The average Bonchev–Trinajstić information content (AvgIpc) is 2.93. The highest BCUT2D eigenvalue weighted by Crippen LogP contribution is 2.27. The SMILES string of the molecule is CCC(CCBr)NCc1ccn(C2CCCCC2)n1. The van der Waals surface area contributed by atoms with Gasteiger partial charge in [0.15, 0.2) is 0 Å². The molecule has 0 radical (unpaired) electrons. The van der Waals surface area contributed by atoms with Crippen LogP contribution >= 0.6 is 15.9 Å². The van der Waals surface area contributed by atoms with E-state index in [1.54, 1.807) is 0 Å². The van der Waals surface area contributed by atoms with Crippen LogP contribution in [0.2, 0.25) is 0 Å². The molecule has 1 saturated carbocycles. The van der Waals surface area contributed by atoms with E-state index in [1.165, 1.54) is 50.6 Å². The van der Waals surface area contributed by atoms with Crippen LogP contribution in [0.15, 0.2) is 12.3 Å². The normalized spacial score (nSPS) is 18.6. The maximum Gasteiger partial charge on any atom is 0.0762 e. The molecule has 1 fully saturated rings. The Morgan fingerprint density at radius 2 is 2.21 bits per heavy atom. The monoisotopic (exact) mass is 327 g/mol. The molecule has 0 spiro atoms. The number of aromatic nitrogens is 2. The summed E-state index contributed by atoms with van der Waals surface area (Å²) in [6.07, 6.45) is 11.2. The van der Waals surface area contributed by atoms with Gasteiger partial charge in [-0.1, -0.05) is 42.1 Å². The van der Waals surface area contributed by atoms with Gasteiger partial charge in [-0.25, -0.2) is 0 Å². The van der Waals surface area contributed by atoms with Crippen LogP contribution in [0, 0.1) is 0 Å². The Balaban J connectivity index is 1.82. The summed E-state index contributed by atoms with van der Waals surface area (Å²) in [4.78, 5) is 0. The molecule has 0 bridgehead atoms. The number of halogens is 1. The molecule has 2 rings (SSSR count). The van der Waals surface area contributed by atoms with Gasteiger partial charge in [0.1, 0.15) is 0 Å². The third-order valence-corrected chi connectivity index (χ3v) is 4.59. The van der Waals surface area contributed by atoms with Gasteiger partial charge in [0.25, 0.3) is 0 Å². The lowest BCUT2D eigenvalue weighted by Gasteiger charge is -2.21. The van der Waals surface area contributed by atoms with Gasteiger partial charge in [0.2, 0.25) is 0 Å². The molecule has 1 aliphatic rings. The van der Waals surface area contributed by atoms with Crippen molar-refractivity contribution in [3.63, 3.8) is 0 Å². The summed E-state index contributed by atoms with van der Waals surface area (Å²) in [6.45, 7) is 3.13. The van der Waals surface area contributed by atoms with E-state index in [-0.39, 0.29) is 0 Å². The first-order chi connectivity index (χ1) is 9.33. The first kappa shape index (κ1) is 15.0. The fraction of sp³-hybridized carbons (Fsp3) is 0.800. The van der Waals surface area contributed by atoms with Gasteiger partial charge < -0.3 is 5.32 Å². The third kappa shape index (κ3) is 4.60. The maximum atomic E-state index is 4.74. The molecule has 1 aromatic heterocycles. The van der Waals surface area contributed by atoms with Crippen molar-refractivity contribution in [3.8, 4) is 0 Å². The van der Waals surface area contributed by atoms with Crippen LogP contribution in [0.3, 0.4) is 0 Å². The third-order valence-electron chi connectivity index (χ3n) is 4.13. The van der Waals surface area contributed by atoms with Gasteiger partial charge in [-0.05, 0) is 31.7 Å². The number of rotatable bonds is 7. The second kappa shape index (κ2) is 8.05. The highest BCUT2D eigenvalue weighted by molar-refractivity contribution is 9.09. The molecule has 1 unspecified atom stereocenters. The Bertz CT molecular complexity index is 358. The van der Waals surface area contributed by atoms with E-state index in [0.29, 0.717) is 12.1 Å². The molecule has 0 amide bonds. The minimum absolute atomic E-state index is 0.596. The lowest BCUT2D eigenvalue weighted by molar-refractivity contribution is 0.327. The highest BCUT2D eigenvalue weighted by Gasteiger charge is 2.16. The quantitative estimate of drug-likeness (QED) is 0.766.